The highest BCUT2D eigenvalue weighted by Crippen LogP contribution is 2.31. The van der Waals surface area contributed by atoms with Gasteiger partial charge in [0.05, 0.1) is 10.6 Å². The lowest BCUT2D eigenvalue weighted by Gasteiger charge is -2.33. The molecule has 0 spiro atoms. The summed E-state index contributed by atoms with van der Waals surface area (Å²) in [6.45, 7) is 4.91. The number of hydrogen-bond donors (Lipinski definition) is 1. The minimum Gasteiger partial charge on any atom is -0.352 e. The van der Waals surface area contributed by atoms with Crippen molar-refractivity contribution in [2.24, 2.45) is 0 Å². The Morgan fingerprint density at radius 3 is 2.27 bits per heavy atom. The van der Waals surface area contributed by atoms with Gasteiger partial charge in [0.15, 0.2) is 0 Å². The van der Waals surface area contributed by atoms with E-state index in [9.17, 15) is 18.0 Å². The van der Waals surface area contributed by atoms with E-state index in [1.807, 2.05) is 31.2 Å². The molecule has 0 aromatic heterocycles. The molecule has 1 fully saturated rings. The predicted octanol–water partition coefficient (Wildman–Crippen LogP) is 6.39. The second kappa shape index (κ2) is 13.4. The Hall–Kier alpha value is -2.88. The van der Waals surface area contributed by atoms with E-state index in [4.69, 9.17) is 11.6 Å². The second-order valence-electron chi connectivity index (χ2n) is 10.5. The van der Waals surface area contributed by atoms with Crippen LogP contribution in [0.25, 0.3) is 0 Å². The highest BCUT2D eigenvalue weighted by Gasteiger charge is 2.34. The summed E-state index contributed by atoms with van der Waals surface area (Å²) in [4.78, 5) is 28.9. The molecule has 218 valence electrons. The lowest BCUT2D eigenvalue weighted by molar-refractivity contribution is -0.139. The third-order valence-electron chi connectivity index (χ3n) is 7.53. The van der Waals surface area contributed by atoms with Crippen molar-refractivity contribution in [3.63, 3.8) is 0 Å². The molecule has 0 bridgehead atoms. The van der Waals surface area contributed by atoms with Crippen molar-refractivity contribution in [3.8, 4) is 0 Å². The minimum atomic E-state index is -4.16. The van der Waals surface area contributed by atoms with Crippen LogP contribution in [-0.4, -0.2) is 43.8 Å². The predicted molar refractivity (Wildman–Crippen MR) is 166 cm³/mol. The Balaban J connectivity index is 1.71. The first-order chi connectivity index (χ1) is 19.5. The van der Waals surface area contributed by atoms with Gasteiger partial charge in [0, 0.05) is 22.1 Å². The van der Waals surface area contributed by atoms with Crippen LogP contribution < -0.4 is 9.62 Å². The Kier molecular flexibility index (Phi) is 10.2. The van der Waals surface area contributed by atoms with Gasteiger partial charge < -0.3 is 10.2 Å². The smallest absolute Gasteiger partial charge is 0.264 e. The molecule has 2 amide bonds. The fourth-order valence-electron chi connectivity index (χ4n) is 4.98. The molecule has 10 heteroatoms. The van der Waals surface area contributed by atoms with Crippen LogP contribution in [-0.2, 0) is 26.2 Å². The zero-order chi connectivity index (χ0) is 29.7. The largest absolute Gasteiger partial charge is 0.352 e. The van der Waals surface area contributed by atoms with E-state index in [-0.39, 0.29) is 23.4 Å². The van der Waals surface area contributed by atoms with Crippen LogP contribution >= 0.6 is 27.5 Å². The van der Waals surface area contributed by atoms with Crippen molar-refractivity contribution in [2.75, 3.05) is 10.8 Å². The molecule has 1 aliphatic carbocycles. The maximum Gasteiger partial charge on any atom is 0.264 e. The standard InChI is InChI=1S/C31H35BrClN3O4S/c1-21-11-17-27(18-12-21)41(39,40)36(29-10-6-9-28(33)22(29)2)20-30(37)35(19-24-13-15-25(32)16-14-24)23(3)31(38)34-26-7-4-5-8-26/h6,9-18,23,26H,4-5,7-8,19-20H2,1-3H3,(H,34,38). The van der Waals surface area contributed by atoms with Crippen LogP contribution in [0.3, 0.4) is 0 Å². The van der Waals surface area contributed by atoms with Crippen LogP contribution in [0.2, 0.25) is 5.02 Å². The molecular formula is C31H35BrClN3O4S. The van der Waals surface area contributed by atoms with Crippen molar-refractivity contribution in [3.05, 3.63) is 92.9 Å². The molecule has 1 unspecified atom stereocenters. The van der Waals surface area contributed by atoms with Crippen molar-refractivity contribution in [1.82, 2.24) is 10.2 Å². The molecule has 4 rings (SSSR count). The van der Waals surface area contributed by atoms with Gasteiger partial charge in [-0.25, -0.2) is 8.42 Å². The summed E-state index contributed by atoms with van der Waals surface area (Å²) in [5.41, 5.74) is 2.56. The topological polar surface area (TPSA) is 86.8 Å². The number of anilines is 1. The van der Waals surface area contributed by atoms with E-state index < -0.39 is 28.5 Å². The highest BCUT2D eigenvalue weighted by atomic mass is 79.9. The molecule has 0 heterocycles. The number of carbonyl (C=O) groups excluding carboxylic acids is 2. The van der Waals surface area contributed by atoms with E-state index >= 15 is 0 Å². The molecule has 3 aromatic rings. The van der Waals surface area contributed by atoms with Crippen LogP contribution in [0.5, 0.6) is 0 Å². The molecule has 0 radical (unpaired) electrons. The number of hydrogen-bond acceptors (Lipinski definition) is 4. The molecule has 1 atom stereocenters. The lowest BCUT2D eigenvalue weighted by atomic mass is 10.1. The van der Waals surface area contributed by atoms with Gasteiger partial charge in [-0.1, -0.05) is 76.3 Å². The zero-order valence-corrected chi connectivity index (χ0v) is 26.6. The Bertz CT molecular complexity index is 1490. The number of rotatable bonds is 10. The van der Waals surface area contributed by atoms with E-state index in [1.165, 1.54) is 17.0 Å². The Morgan fingerprint density at radius 2 is 1.63 bits per heavy atom. The SMILES string of the molecule is Cc1ccc(S(=O)(=O)N(CC(=O)N(Cc2ccc(Br)cc2)C(C)C(=O)NC2CCCC2)c2cccc(Cl)c2C)cc1. The number of nitrogens with one attached hydrogen (secondary N) is 1. The average molecular weight is 661 g/mol. The van der Waals surface area contributed by atoms with Gasteiger partial charge in [0.1, 0.15) is 12.6 Å². The van der Waals surface area contributed by atoms with Crippen molar-refractivity contribution in [2.45, 2.75) is 70.0 Å². The number of benzene rings is 3. The maximum absolute atomic E-state index is 14.1. The van der Waals surface area contributed by atoms with Gasteiger partial charge in [0.2, 0.25) is 11.8 Å². The summed E-state index contributed by atoms with van der Waals surface area (Å²) >= 11 is 9.83. The molecule has 1 aliphatic rings. The number of amides is 2. The number of sulfonamides is 1. The van der Waals surface area contributed by atoms with E-state index in [1.54, 1.807) is 44.2 Å². The van der Waals surface area contributed by atoms with Crippen LogP contribution in [0.15, 0.2) is 76.1 Å². The molecule has 7 nitrogen and oxygen atoms in total. The molecule has 3 aromatic carbocycles. The highest BCUT2D eigenvalue weighted by molar-refractivity contribution is 9.10. The first-order valence-corrected chi connectivity index (χ1v) is 16.3. The van der Waals surface area contributed by atoms with Gasteiger partial charge in [-0.2, -0.15) is 0 Å². The summed E-state index contributed by atoms with van der Waals surface area (Å²) in [6.07, 6.45) is 3.95. The number of carbonyl (C=O) groups is 2. The summed E-state index contributed by atoms with van der Waals surface area (Å²) in [5, 5.41) is 3.47. The summed E-state index contributed by atoms with van der Waals surface area (Å²) < 4.78 is 30.0. The van der Waals surface area contributed by atoms with E-state index in [0.717, 1.165) is 45.6 Å². The lowest BCUT2D eigenvalue weighted by Crippen LogP contribution is -2.52. The summed E-state index contributed by atoms with van der Waals surface area (Å²) in [6, 6.07) is 18.2. The molecule has 0 aliphatic heterocycles. The van der Waals surface area contributed by atoms with Gasteiger partial charge in [-0.15, -0.1) is 0 Å². The number of nitrogens with zero attached hydrogens (tertiary/aromatic N) is 2. The van der Waals surface area contributed by atoms with E-state index in [2.05, 4.69) is 21.2 Å². The first kappa shape index (κ1) is 31.1. The van der Waals surface area contributed by atoms with Crippen molar-refractivity contribution < 1.29 is 18.0 Å². The normalized spacial score (nSPS) is 14.5. The second-order valence-corrected chi connectivity index (χ2v) is 13.7. The number of halogens is 2. The van der Waals surface area contributed by atoms with Gasteiger partial charge in [-0.3, -0.25) is 13.9 Å². The van der Waals surface area contributed by atoms with Crippen LogP contribution in [0.4, 0.5) is 5.69 Å². The monoisotopic (exact) mass is 659 g/mol. The van der Waals surface area contributed by atoms with Crippen LogP contribution in [0.1, 0.15) is 49.3 Å². The maximum atomic E-state index is 14.1. The van der Waals surface area contributed by atoms with Gasteiger partial charge >= 0.3 is 0 Å². The average Bonchev–Trinajstić information content (AvgIpc) is 3.46. The number of aryl methyl sites for hydroxylation is 1. The Morgan fingerprint density at radius 1 is 1.00 bits per heavy atom. The Labute approximate surface area is 256 Å². The van der Waals surface area contributed by atoms with Crippen LogP contribution in [0, 0.1) is 13.8 Å². The molecule has 0 saturated heterocycles. The first-order valence-electron chi connectivity index (χ1n) is 13.7. The third kappa shape index (κ3) is 7.50. The van der Waals surface area contributed by atoms with Crippen molar-refractivity contribution >= 4 is 55.1 Å². The summed E-state index contributed by atoms with van der Waals surface area (Å²) in [5.74, 6) is -0.758. The fraction of sp³-hybridized carbons (Fsp3) is 0.355. The summed E-state index contributed by atoms with van der Waals surface area (Å²) in [7, 11) is -4.16. The van der Waals surface area contributed by atoms with Crippen molar-refractivity contribution in [1.29, 1.82) is 0 Å². The van der Waals surface area contributed by atoms with E-state index in [0.29, 0.717) is 16.3 Å². The quantitative estimate of drug-likeness (QED) is 0.273. The minimum absolute atomic E-state index is 0.0572. The molecule has 1 N–H and O–H groups in total. The zero-order valence-electron chi connectivity index (χ0n) is 23.4. The fourth-order valence-corrected chi connectivity index (χ4v) is 6.88. The molecule has 1 saturated carbocycles. The van der Waals surface area contributed by atoms with Gasteiger partial charge in [0.25, 0.3) is 10.0 Å². The molecule has 41 heavy (non-hydrogen) atoms. The molecular weight excluding hydrogens is 626 g/mol. The van der Waals surface area contributed by atoms with Gasteiger partial charge in [-0.05, 0) is 81.1 Å². The third-order valence-corrected chi connectivity index (χ3v) is 10.2.